The molecule has 2 aliphatic rings. The predicted molar refractivity (Wildman–Crippen MR) is 75.6 cm³/mol. The SMILES string of the molecule is CN(C(=O)CC(N)C1CC1)C1CCc2ccccc21. The molecule has 2 aliphatic carbocycles. The smallest absolute Gasteiger partial charge is 0.224 e. The van der Waals surface area contributed by atoms with Crippen LogP contribution in [0.2, 0.25) is 0 Å². The Labute approximate surface area is 114 Å². The number of hydrogen-bond acceptors (Lipinski definition) is 2. The van der Waals surface area contributed by atoms with Crippen LogP contribution < -0.4 is 5.73 Å². The molecular formula is C16H22N2O. The zero-order chi connectivity index (χ0) is 13.4. The van der Waals surface area contributed by atoms with Crippen molar-refractivity contribution in [3.05, 3.63) is 35.4 Å². The molecule has 3 heteroatoms. The Morgan fingerprint density at radius 2 is 2.11 bits per heavy atom. The average Bonchev–Trinajstić information content (AvgIpc) is 3.18. The van der Waals surface area contributed by atoms with Crippen molar-refractivity contribution in [2.45, 2.75) is 44.2 Å². The highest BCUT2D eigenvalue weighted by Crippen LogP contribution is 2.36. The molecule has 2 atom stereocenters. The zero-order valence-electron chi connectivity index (χ0n) is 11.5. The van der Waals surface area contributed by atoms with E-state index in [2.05, 4.69) is 24.3 Å². The van der Waals surface area contributed by atoms with Crippen molar-refractivity contribution >= 4 is 5.91 Å². The summed E-state index contributed by atoms with van der Waals surface area (Å²) in [5, 5.41) is 0. The van der Waals surface area contributed by atoms with Crippen molar-refractivity contribution in [3.8, 4) is 0 Å². The van der Waals surface area contributed by atoms with E-state index in [0.29, 0.717) is 12.3 Å². The zero-order valence-corrected chi connectivity index (χ0v) is 11.5. The maximum Gasteiger partial charge on any atom is 0.224 e. The molecule has 0 heterocycles. The highest BCUT2D eigenvalue weighted by Gasteiger charge is 2.33. The van der Waals surface area contributed by atoms with E-state index in [1.54, 1.807) is 0 Å². The van der Waals surface area contributed by atoms with Crippen molar-refractivity contribution in [3.63, 3.8) is 0 Å². The van der Waals surface area contributed by atoms with Gasteiger partial charge < -0.3 is 10.6 Å². The summed E-state index contributed by atoms with van der Waals surface area (Å²) < 4.78 is 0. The van der Waals surface area contributed by atoms with E-state index in [1.165, 1.54) is 24.0 Å². The summed E-state index contributed by atoms with van der Waals surface area (Å²) in [4.78, 5) is 14.2. The van der Waals surface area contributed by atoms with E-state index in [4.69, 9.17) is 5.73 Å². The highest BCUT2D eigenvalue weighted by atomic mass is 16.2. The predicted octanol–water partition coefficient (Wildman–Crippen LogP) is 2.26. The molecule has 102 valence electrons. The Morgan fingerprint density at radius 1 is 1.37 bits per heavy atom. The number of nitrogens with zero attached hydrogens (tertiary/aromatic N) is 1. The molecule has 2 unspecified atom stereocenters. The topological polar surface area (TPSA) is 46.3 Å². The first-order chi connectivity index (χ1) is 9.16. The summed E-state index contributed by atoms with van der Waals surface area (Å²) in [5.74, 6) is 0.786. The lowest BCUT2D eigenvalue weighted by Gasteiger charge is -2.26. The molecule has 2 N–H and O–H groups in total. The van der Waals surface area contributed by atoms with Crippen LogP contribution in [-0.2, 0) is 11.2 Å². The molecule has 1 aromatic carbocycles. The van der Waals surface area contributed by atoms with Crippen LogP contribution in [-0.4, -0.2) is 23.9 Å². The van der Waals surface area contributed by atoms with Gasteiger partial charge in [0, 0.05) is 19.5 Å². The number of carbonyl (C=O) groups is 1. The molecule has 1 saturated carbocycles. The number of carbonyl (C=O) groups excluding carboxylic acids is 1. The maximum atomic E-state index is 12.3. The van der Waals surface area contributed by atoms with E-state index in [1.807, 2.05) is 11.9 Å². The van der Waals surface area contributed by atoms with Gasteiger partial charge in [0.2, 0.25) is 5.91 Å². The van der Waals surface area contributed by atoms with Crippen molar-refractivity contribution in [1.29, 1.82) is 0 Å². The van der Waals surface area contributed by atoms with Crippen LogP contribution in [0.25, 0.3) is 0 Å². The Hall–Kier alpha value is -1.35. The van der Waals surface area contributed by atoms with Gasteiger partial charge in [-0.05, 0) is 42.7 Å². The van der Waals surface area contributed by atoms with Crippen LogP contribution in [0.15, 0.2) is 24.3 Å². The summed E-state index contributed by atoms with van der Waals surface area (Å²) in [6.07, 6.45) is 5.02. The lowest BCUT2D eigenvalue weighted by atomic mass is 10.1. The van der Waals surface area contributed by atoms with Crippen LogP contribution in [0, 0.1) is 5.92 Å². The van der Waals surface area contributed by atoms with Gasteiger partial charge in [-0.1, -0.05) is 24.3 Å². The number of hydrogen-bond donors (Lipinski definition) is 1. The van der Waals surface area contributed by atoms with Gasteiger partial charge in [-0.2, -0.15) is 0 Å². The fourth-order valence-corrected chi connectivity index (χ4v) is 3.15. The van der Waals surface area contributed by atoms with Crippen LogP contribution in [0.5, 0.6) is 0 Å². The van der Waals surface area contributed by atoms with Crippen molar-refractivity contribution in [2.75, 3.05) is 7.05 Å². The molecule has 0 bridgehead atoms. The van der Waals surface area contributed by atoms with E-state index >= 15 is 0 Å². The number of amides is 1. The summed E-state index contributed by atoms with van der Waals surface area (Å²) in [6.45, 7) is 0. The molecule has 1 fully saturated rings. The largest absolute Gasteiger partial charge is 0.339 e. The number of aryl methyl sites for hydroxylation is 1. The Kier molecular flexibility index (Phi) is 3.31. The van der Waals surface area contributed by atoms with Gasteiger partial charge in [0.05, 0.1) is 6.04 Å². The van der Waals surface area contributed by atoms with E-state index < -0.39 is 0 Å². The van der Waals surface area contributed by atoms with E-state index in [-0.39, 0.29) is 18.0 Å². The lowest BCUT2D eigenvalue weighted by molar-refractivity contribution is -0.132. The van der Waals surface area contributed by atoms with Crippen molar-refractivity contribution < 1.29 is 4.79 Å². The Morgan fingerprint density at radius 3 is 2.84 bits per heavy atom. The van der Waals surface area contributed by atoms with Gasteiger partial charge in [0.25, 0.3) is 0 Å². The normalized spacial score (nSPS) is 22.9. The van der Waals surface area contributed by atoms with Gasteiger partial charge >= 0.3 is 0 Å². The number of benzene rings is 1. The monoisotopic (exact) mass is 258 g/mol. The second-order valence-corrected chi connectivity index (χ2v) is 5.96. The number of fused-ring (bicyclic) bond motifs is 1. The molecule has 0 saturated heterocycles. The van der Waals surface area contributed by atoms with Gasteiger partial charge in [-0.25, -0.2) is 0 Å². The second-order valence-electron chi connectivity index (χ2n) is 5.96. The van der Waals surface area contributed by atoms with Crippen LogP contribution in [0.3, 0.4) is 0 Å². The van der Waals surface area contributed by atoms with Gasteiger partial charge in [-0.15, -0.1) is 0 Å². The van der Waals surface area contributed by atoms with Crippen molar-refractivity contribution in [2.24, 2.45) is 11.7 Å². The van der Waals surface area contributed by atoms with Gasteiger partial charge in [0.1, 0.15) is 0 Å². The molecule has 1 amide bonds. The molecule has 0 spiro atoms. The number of rotatable bonds is 4. The molecule has 0 aromatic heterocycles. The average molecular weight is 258 g/mol. The van der Waals surface area contributed by atoms with E-state index in [0.717, 1.165) is 12.8 Å². The highest BCUT2D eigenvalue weighted by molar-refractivity contribution is 5.77. The molecule has 1 aromatic rings. The second kappa shape index (κ2) is 4.97. The summed E-state index contributed by atoms with van der Waals surface area (Å²) >= 11 is 0. The minimum absolute atomic E-state index is 0.0617. The Balaban J connectivity index is 1.67. The minimum atomic E-state index is 0.0617. The van der Waals surface area contributed by atoms with Crippen molar-refractivity contribution in [1.82, 2.24) is 4.90 Å². The van der Waals surface area contributed by atoms with E-state index in [9.17, 15) is 4.79 Å². The molecule has 3 rings (SSSR count). The van der Waals surface area contributed by atoms with Gasteiger partial charge in [-0.3, -0.25) is 4.79 Å². The fraction of sp³-hybridized carbons (Fsp3) is 0.562. The first-order valence-corrected chi connectivity index (χ1v) is 7.26. The van der Waals surface area contributed by atoms with Crippen LogP contribution in [0.4, 0.5) is 0 Å². The number of nitrogens with two attached hydrogens (primary N) is 1. The van der Waals surface area contributed by atoms with Crippen LogP contribution >= 0.6 is 0 Å². The minimum Gasteiger partial charge on any atom is -0.339 e. The third-order valence-corrected chi connectivity index (χ3v) is 4.60. The first kappa shape index (κ1) is 12.7. The molecule has 0 radical (unpaired) electrons. The lowest BCUT2D eigenvalue weighted by Crippen LogP contribution is -2.36. The molecule has 3 nitrogen and oxygen atoms in total. The summed E-state index contributed by atoms with van der Waals surface area (Å²) in [6, 6.07) is 8.76. The fourth-order valence-electron chi connectivity index (χ4n) is 3.15. The third kappa shape index (κ3) is 2.52. The van der Waals surface area contributed by atoms with Gasteiger partial charge in [0.15, 0.2) is 0 Å². The molecular weight excluding hydrogens is 236 g/mol. The third-order valence-electron chi connectivity index (χ3n) is 4.60. The summed E-state index contributed by atoms with van der Waals surface area (Å²) in [5.41, 5.74) is 8.77. The molecule has 19 heavy (non-hydrogen) atoms. The molecule has 0 aliphatic heterocycles. The summed E-state index contributed by atoms with van der Waals surface area (Å²) in [7, 11) is 1.93. The maximum absolute atomic E-state index is 12.3. The first-order valence-electron chi connectivity index (χ1n) is 7.26. The Bertz CT molecular complexity index is 481. The quantitative estimate of drug-likeness (QED) is 0.900. The van der Waals surface area contributed by atoms with Crippen LogP contribution in [0.1, 0.15) is 42.9 Å². The standard InChI is InChI=1S/C16H22N2O/c1-18(16(19)10-14(17)12-6-7-12)15-9-8-11-4-2-3-5-13(11)15/h2-5,12,14-15H,6-10,17H2,1H3.